The van der Waals surface area contributed by atoms with Crippen LogP contribution in [0.15, 0.2) is 0 Å². The first-order valence-corrected chi connectivity index (χ1v) is 8.28. The molecule has 1 aliphatic heterocycles. The van der Waals surface area contributed by atoms with Crippen molar-refractivity contribution in [2.24, 2.45) is 5.92 Å². The van der Waals surface area contributed by atoms with Crippen LogP contribution in [0.2, 0.25) is 6.04 Å². The van der Waals surface area contributed by atoms with Crippen molar-refractivity contribution >= 4 is 15.7 Å². The Morgan fingerprint density at radius 3 is 2.50 bits per heavy atom. The number of esters is 1. The Hall–Kier alpha value is -0.353. The van der Waals surface area contributed by atoms with Crippen LogP contribution in [0.1, 0.15) is 40.0 Å². The zero-order valence-corrected chi connectivity index (χ0v) is 12.3. The molecule has 0 N–H and O–H groups in total. The molecule has 16 heavy (non-hydrogen) atoms. The summed E-state index contributed by atoms with van der Waals surface area (Å²) in [5.74, 6) is 0.496. The molecule has 0 radical (unpaired) electrons. The molecule has 0 bridgehead atoms. The van der Waals surface area contributed by atoms with Gasteiger partial charge < -0.3 is 9.30 Å². The first kappa shape index (κ1) is 13.7. The van der Waals surface area contributed by atoms with Gasteiger partial charge in [-0.3, -0.25) is 4.79 Å². The standard InChI is InChI=1S/C12H25NO2Si/c1-4-10(5-2)11(12(14)15-6-3)13-8-7-9-16-13/h10-11H,4-9,16H2,1-3H3. The van der Waals surface area contributed by atoms with Crippen LogP contribution in [0.4, 0.5) is 0 Å². The van der Waals surface area contributed by atoms with Crippen molar-refractivity contribution in [2.75, 3.05) is 13.2 Å². The predicted molar refractivity (Wildman–Crippen MR) is 69.2 cm³/mol. The van der Waals surface area contributed by atoms with Crippen LogP contribution in [0.3, 0.4) is 0 Å². The molecule has 1 rings (SSSR count). The summed E-state index contributed by atoms with van der Waals surface area (Å²) in [6.07, 6.45) is 3.43. The van der Waals surface area contributed by atoms with E-state index in [1.807, 2.05) is 6.92 Å². The zero-order chi connectivity index (χ0) is 12.0. The van der Waals surface area contributed by atoms with Gasteiger partial charge in [-0.1, -0.05) is 26.7 Å². The molecule has 0 spiro atoms. The quantitative estimate of drug-likeness (QED) is 0.524. The highest BCUT2D eigenvalue weighted by Gasteiger charge is 2.34. The van der Waals surface area contributed by atoms with E-state index in [0.717, 1.165) is 19.4 Å². The van der Waals surface area contributed by atoms with Crippen molar-refractivity contribution in [2.45, 2.75) is 52.1 Å². The van der Waals surface area contributed by atoms with E-state index in [2.05, 4.69) is 18.4 Å². The molecule has 0 aromatic heterocycles. The SMILES string of the molecule is CCOC(=O)C(C(CC)CC)N1CCC[SiH2]1. The third-order valence-corrected chi connectivity index (χ3v) is 5.66. The van der Waals surface area contributed by atoms with Crippen LogP contribution < -0.4 is 0 Å². The van der Waals surface area contributed by atoms with Gasteiger partial charge in [0.2, 0.25) is 0 Å². The molecule has 0 aromatic carbocycles. The van der Waals surface area contributed by atoms with Gasteiger partial charge in [0.05, 0.1) is 16.3 Å². The van der Waals surface area contributed by atoms with Gasteiger partial charge >= 0.3 is 5.97 Å². The fourth-order valence-corrected chi connectivity index (χ4v) is 4.65. The zero-order valence-electron chi connectivity index (χ0n) is 10.9. The van der Waals surface area contributed by atoms with E-state index in [4.69, 9.17) is 4.74 Å². The van der Waals surface area contributed by atoms with Gasteiger partial charge in [0.25, 0.3) is 0 Å². The maximum Gasteiger partial charge on any atom is 0.322 e. The lowest BCUT2D eigenvalue weighted by atomic mass is 9.94. The van der Waals surface area contributed by atoms with Crippen molar-refractivity contribution < 1.29 is 9.53 Å². The fourth-order valence-electron chi connectivity index (χ4n) is 2.62. The maximum absolute atomic E-state index is 12.0. The molecule has 1 aliphatic rings. The number of carbonyl (C=O) groups is 1. The lowest BCUT2D eigenvalue weighted by Crippen LogP contribution is -2.46. The Labute approximate surface area is 101 Å². The van der Waals surface area contributed by atoms with E-state index in [0.29, 0.717) is 12.5 Å². The van der Waals surface area contributed by atoms with Gasteiger partial charge in [0.15, 0.2) is 0 Å². The van der Waals surface area contributed by atoms with Gasteiger partial charge in [-0.25, -0.2) is 0 Å². The fraction of sp³-hybridized carbons (Fsp3) is 0.917. The molecule has 1 atom stereocenters. The minimum atomic E-state index is -0.179. The number of carbonyl (C=O) groups excluding carboxylic acids is 1. The summed E-state index contributed by atoms with van der Waals surface area (Å²) < 4.78 is 7.70. The first-order valence-electron chi connectivity index (χ1n) is 6.65. The monoisotopic (exact) mass is 243 g/mol. The molecule has 94 valence electrons. The number of nitrogens with zero attached hydrogens (tertiary/aromatic N) is 1. The van der Waals surface area contributed by atoms with Crippen molar-refractivity contribution in [3.05, 3.63) is 0 Å². The topological polar surface area (TPSA) is 29.5 Å². The second-order valence-corrected chi connectivity index (χ2v) is 6.48. The highest BCUT2D eigenvalue weighted by Crippen LogP contribution is 2.23. The van der Waals surface area contributed by atoms with E-state index in [1.165, 1.54) is 12.5 Å². The molecule has 1 saturated heterocycles. The smallest absolute Gasteiger partial charge is 0.322 e. The van der Waals surface area contributed by atoms with Crippen molar-refractivity contribution in [3.8, 4) is 0 Å². The van der Waals surface area contributed by atoms with E-state index in [9.17, 15) is 4.79 Å². The summed E-state index contributed by atoms with van der Waals surface area (Å²) in [7, 11) is -0.179. The van der Waals surface area contributed by atoms with Gasteiger partial charge in [0, 0.05) is 0 Å². The minimum Gasteiger partial charge on any atom is -0.465 e. The van der Waals surface area contributed by atoms with Crippen molar-refractivity contribution in [3.63, 3.8) is 0 Å². The van der Waals surface area contributed by atoms with Gasteiger partial charge in [0.1, 0.15) is 6.04 Å². The van der Waals surface area contributed by atoms with Crippen LogP contribution in [0.5, 0.6) is 0 Å². The average molecular weight is 243 g/mol. The second-order valence-electron chi connectivity index (χ2n) is 4.52. The number of hydrogen-bond donors (Lipinski definition) is 0. The van der Waals surface area contributed by atoms with E-state index in [-0.39, 0.29) is 21.7 Å². The van der Waals surface area contributed by atoms with E-state index >= 15 is 0 Å². The molecule has 1 heterocycles. The average Bonchev–Trinajstić information content (AvgIpc) is 2.78. The third-order valence-electron chi connectivity index (χ3n) is 3.56. The molecule has 0 aliphatic carbocycles. The summed E-state index contributed by atoms with van der Waals surface area (Å²) >= 11 is 0. The molecule has 4 heteroatoms. The molecule has 0 saturated carbocycles. The van der Waals surface area contributed by atoms with Crippen LogP contribution in [0, 0.1) is 5.92 Å². The Balaban J connectivity index is 2.70. The van der Waals surface area contributed by atoms with E-state index < -0.39 is 0 Å². The Bertz CT molecular complexity index is 211. The van der Waals surface area contributed by atoms with Crippen molar-refractivity contribution in [1.29, 1.82) is 0 Å². The van der Waals surface area contributed by atoms with Crippen LogP contribution in [-0.4, -0.2) is 39.4 Å². The number of rotatable bonds is 6. The van der Waals surface area contributed by atoms with Crippen LogP contribution >= 0.6 is 0 Å². The summed E-state index contributed by atoms with van der Waals surface area (Å²) in [6.45, 7) is 7.87. The van der Waals surface area contributed by atoms with Gasteiger partial charge in [-0.15, -0.1) is 0 Å². The Kier molecular flexibility index (Phi) is 6.06. The van der Waals surface area contributed by atoms with Gasteiger partial charge in [-0.05, 0) is 31.9 Å². The Morgan fingerprint density at radius 2 is 2.06 bits per heavy atom. The first-order chi connectivity index (χ1) is 7.74. The highest BCUT2D eigenvalue weighted by molar-refractivity contribution is 6.33. The lowest BCUT2D eigenvalue weighted by molar-refractivity contribution is -0.149. The number of hydrogen-bond acceptors (Lipinski definition) is 3. The van der Waals surface area contributed by atoms with Gasteiger partial charge in [-0.2, -0.15) is 0 Å². The summed E-state index contributed by atoms with van der Waals surface area (Å²) in [4.78, 5) is 12.0. The molecule has 0 aromatic rings. The molecule has 1 fully saturated rings. The third kappa shape index (κ3) is 3.32. The molecule has 3 nitrogen and oxygen atoms in total. The Morgan fingerprint density at radius 1 is 1.38 bits per heavy atom. The molecule has 1 unspecified atom stereocenters. The van der Waals surface area contributed by atoms with E-state index in [1.54, 1.807) is 0 Å². The largest absolute Gasteiger partial charge is 0.465 e. The molecular weight excluding hydrogens is 218 g/mol. The van der Waals surface area contributed by atoms with Crippen LogP contribution in [-0.2, 0) is 9.53 Å². The molecular formula is C12H25NO2Si. The summed E-state index contributed by atoms with van der Waals surface area (Å²) in [5, 5.41) is 0. The number of ether oxygens (including phenoxy) is 1. The normalized spacial score (nSPS) is 20.5. The lowest BCUT2D eigenvalue weighted by Gasteiger charge is -2.31. The highest BCUT2D eigenvalue weighted by atomic mass is 28.2. The molecule has 0 amide bonds. The minimum absolute atomic E-state index is 0.0191. The maximum atomic E-state index is 12.0. The predicted octanol–water partition coefficient (Wildman–Crippen LogP) is 1.56. The summed E-state index contributed by atoms with van der Waals surface area (Å²) in [5.41, 5.74) is 0. The second kappa shape index (κ2) is 7.07. The van der Waals surface area contributed by atoms with Crippen LogP contribution in [0.25, 0.3) is 0 Å². The van der Waals surface area contributed by atoms with Crippen molar-refractivity contribution in [1.82, 2.24) is 4.57 Å². The summed E-state index contributed by atoms with van der Waals surface area (Å²) in [6, 6.07) is 1.42.